The summed E-state index contributed by atoms with van der Waals surface area (Å²) in [6.45, 7) is 0. The van der Waals surface area contributed by atoms with Crippen molar-refractivity contribution in [3.8, 4) is 5.75 Å². The van der Waals surface area contributed by atoms with Crippen LogP contribution in [0.5, 0.6) is 5.75 Å². The van der Waals surface area contributed by atoms with Crippen LogP contribution in [0.2, 0.25) is 0 Å². The van der Waals surface area contributed by atoms with Crippen LogP contribution in [0.15, 0.2) is 28.9 Å². The van der Waals surface area contributed by atoms with E-state index in [1.165, 1.54) is 12.3 Å². The average Bonchev–Trinajstić information content (AvgIpc) is 2.51. The van der Waals surface area contributed by atoms with E-state index < -0.39 is 5.97 Å². The van der Waals surface area contributed by atoms with Crippen LogP contribution in [0.3, 0.4) is 0 Å². The lowest BCUT2D eigenvalue weighted by molar-refractivity contribution is -0.136. The molecule has 2 aromatic rings. The number of aromatic hydroxyl groups is 1. The first-order chi connectivity index (χ1) is 6.66. The number of phenols is 1. The molecule has 0 amide bonds. The third kappa shape index (κ3) is 1.42. The Morgan fingerprint density at radius 1 is 1.43 bits per heavy atom. The Bertz CT molecular complexity index is 484. The molecule has 0 aliphatic carbocycles. The van der Waals surface area contributed by atoms with Crippen LogP contribution in [0.25, 0.3) is 11.0 Å². The van der Waals surface area contributed by atoms with Gasteiger partial charge in [0.15, 0.2) is 0 Å². The van der Waals surface area contributed by atoms with Gasteiger partial charge in [0.2, 0.25) is 0 Å². The summed E-state index contributed by atoms with van der Waals surface area (Å²) in [5, 5.41) is 18.8. The molecule has 1 aromatic heterocycles. The second-order valence-corrected chi connectivity index (χ2v) is 3.01. The van der Waals surface area contributed by atoms with E-state index >= 15 is 0 Å². The normalized spacial score (nSPS) is 10.6. The molecule has 1 aromatic carbocycles. The van der Waals surface area contributed by atoms with Crippen molar-refractivity contribution >= 4 is 16.9 Å². The molecule has 0 spiro atoms. The number of benzene rings is 1. The predicted molar refractivity (Wildman–Crippen MR) is 49.2 cm³/mol. The first kappa shape index (κ1) is 8.62. The van der Waals surface area contributed by atoms with Gasteiger partial charge >= 0.3 is 5.97 Å². The highest BCUT2D eigenvalue weighted by atomic mass is 16.4. The van der Waals surface area contributed by atoms with E-state index in [0.29, 0.717) is 11.1 Å². The topological polar surface area (TPSA) is 70.7 Å². The Balaban J connectivity index is 2.53. The van der Waals surface area contributed by atoms with E-state index in [4.69, 9.17) is 9.52 Å². The van der Waals surface area contributed by atoms with E-state index in [9.17, 15) is 9.90 Å². The van der Waals surface area contributed by atoms with Gasteiger partial charge in [0.25, 0.3) is 0 Å². The molecule has 2 N–H and O–H groups in total. The van der Waals surface area contributed by atoms with E-state index in [1.54, 1.807) is 12.1 Å². The molecule has 0 aliphatic rings. The highest BCUT2D eigenvalue weighted by Gasteiger charge is 2.08. The summed E-state index contributed by atoms with van der Waals surface area (Å²) in [4.78, 5) is 10.5. The maximum absolute atomic E-state index is 10.5. The smallest absolute Gasteiger partial charge is 0.307 e. The maximum atomic E-state index is 10.5. The Morgan fingerprint density at radius 3 is 2.93 bits per heavy atom. The van der Waals surface area contributed by atoms with Crippen LogP contribution in [0.4, 0.5) is 0 Å². The van der Waals surface area contributed by atoms with Gasteiger partial charge in [-0.3, -0.25) is 4.79 Å². The van der Waals surface area contributed by atoms with E-state index in [1.807, 2.05) is 0 Å². The van der Waals surface area contributed by atoms with Crippen molar-refractivity contribution < 1.29 is 19.4 Å². The number of carboxylic acid groups (broad SMARTS) is 1. The van der Waals surface area contributed by atoms with Gasteiger partial charge in [0.1, 0.15) is 11.3 Å². The largest absolute Gasteiger partial charge is 0.508 e. The van der Waals surface area contributed by atoms with Crippen molar-refractivity contribution in [1.82, 2.24) is 0 Å². The molecule has 4 heteroatoms. The first-order valence-electron chi connectivity index (χ1n) is 4.07. The lowest BCUT2D eigenvalue weighted by Crippen LogP contribution is -1.99. The van der Waals surface area contributed by atoms with E-state index in [2.05, 4.69) is 0 Å². The lowest BCUT2D eigenvalue weighted by Gasteiger charge is -2.00. The first-order valence-corrected chi connectivity index (χ1v) is 4.07. The van der Waals surface area contributed by atoms with Gasteiger partial charge in [0, 0.05) is 17.0 Å². The standard InChI is InChI=1S/C10H8O4/c11-8-5-9-6(1-2-14-9)3-7(8)4-10(12)13/h1-3,5,11H,4H2,(H,12,13). The molecule has 0 saturated carbocycles. The second kappa shape index (κ2) is 3.06. The number of carboxylic acids is 1. The average molecular weight is 192 g/mol. The fourth-order valence-corrected chi connectivity index (χ4v) is 1.35. The van der Waals surface area contributed by atoms with Crippen molar-refractivity contribution in [3.05, 3.63) is 30.0 Å². The summed E-state index contributed by atoms with van der Waals surface area (Å²) < 4.78 is 5.05. The molecule has 1 heterocycles. The summed E-state index contributed by atoms with van der Waals surface area (Å²) in [6.07, 6.45) is 1.31. The molecule has 14 heavy (non-hydrogen) atoms. The number of furan rings is 1. The highest BCUT2D eigenvalue weighted by molar-refractivity contribution is 5.82. The summed E-state index contributed by atoms with van der Waals surface area (Å²) >= 11 is 0. The maximum Gasteiger partial charge on any atom is 0.307 e. The van der Waals surface area contributed by atoms with Crippen LogP contribution in [0.1, 0.15) is 5.56 Å². The Hall–Kier alpha value is -1.97. The molecule has 0 unspecified atom stereocenters. The molecule has 72 valence electrons. The minimum absolute atomic E-state index is 0.0464. The molecule has 0 radical (unpaired) electrons. The molecule has 0 aliphatic heterocycles. The second-order valence-electron chi connectivity index (χ2n) is 3.01. The zero-order valence-corrected chi connectivity index (χ0v) is 7.23. The molecule has 0 saturated heterocycles. The van der Waals surface area contributed by atoms with E-state index in [0.717, 1.165) is 5.39 Å². The minimum atomic E-state index is -0.969. The monoisotopic (exact) mass is 192 g/mol. The highest BCUT2D eigenvalue weighted by Crippen LogP contribution is 2.25. The number of fused-ring (bicyclic) bond motifs is 1. The molecule has 0 atom stereocenters. The van der Waals surface area contributed by atoms with Crippen LogP contribution < -0.4 is 0 Å². The number of hydrogen-bond donors (Lipinski definition) is 2. The van der Waals surface area contributed by atoms with Gasteiger partial charge in [-0.1, -0.05) is 0 Å². The van der Waals surface area contributed by atoms with Crippen LogP contribution in [-0.4, -0.2) is 16.2 Å². The van der Waals surface area contributed by atoms with Crippen molar-refractivity contribution in [1.29, 1.82) is 0 Å². The summed E-state index contributed by atoms with van der Waals surface area (Å²) in [5.41, 5.74) is 0.947. The number of hydrogen-bond acceptors (Lipinski definition) is 3. The number of carbonyl (C=O) groups is 1. The Kier molecular flexibility index (Phi) is 1.89. The fourth-order valence-electron chi connectivity index (χ4n) is 1.35. The van der Waals surface area contributed by atoms with Crippen LogP contribution >= 0.6 is 0 Å². The molecular formula is C10H8O4. The molecule has 0 fully saturated rings. The zero-order chi connectivity index (χ0) is 10.1. The number of rotatable bonds is 2. The van der Waals surface area contributed by atoms with Gasteiger partial charge in [-0.2, -0.15) is 0 Å². The summed E-state index contributed by atoms with van der Waals surface area (Å²) in [5.74, 6) is -1.02. The zero-order valence-electron chi connectivity index (χ0n) is 7.23. The van der Waals surface area contributed by atoms with Crippen molar-refractivity contribution in [2.24, 2.45) is 0 Å². The minimum Gasteiger partial charge on any atom is -0.508 e. The molecule has 4 nitrogen and oxygen atoms in total. The van der Waals surface area contributed by atoms with Gasteiger partial charge < -0.3 is 14.6 Å². The Labute approximate surface area is 79.4 Å². The van der Waals surface area contributed by atoms with E-state index in [-0.39, 0.29) is 12.2 Å². The molecule has 0 bridgehead atoms. The van der Waals surface area contributed by atoms with Crippen molar-refractivity contribution in [3.63, 3.8) is 0 Å². The quantitative estimate of drug-likeness (QED) is 0.760. The molecular weight excluding hydrogens is 184 g/mol. The number of phenolic OH excluding ortho intramolecular Hbond substituents is 1. The third-order valence-corrected chi connectivity index (χ3v) is 2.00. The number of aliphatic carboxylic acids is 1. The van der Waals surface area contributed by atoms with Crippen molar-refractivity contribution in [2.45, 2.75) is 6.42 Å². The third-order valence-electron chi connectivity index (χ3n) is 2.00. The summed E-state index contributed by atoms with van der Waals surface area (Å²) in [7, 11) is 0. The fraction of sp³-hybridized carbons (Fsp3) is 0.100. The van der Waals surface area contributed by atoms with Gasteiger partial charge in [-0.25, -0.2) is 0 Å². The van der Waals surface area contributed by atoms with Crippen LogP contribution in [0, 0.1) is 0 Å². The van der Waals surface area contributed by atoms with Crippen LogP contribution in [-0.2, 0) is 11.2 Å². The predicted octanol–water partition coefficient (Wildman–Crippen LogP) is 1.77. The van der Waals surface area contributed by atoms with Gasteiger partial charge in [-0.15, -0.1) is 0 Å². The Morgan fingerprint density at radius 2 is 2.21 bits per heavy atom. The van der Waals surface area contributed by atoms with Gasteiger partial charge in [0.05, 0.1) is 12.7 Å². The summed E-state index contributed by atoms with van der Waals surface area (Å²) in [6, 6.07) is 4.76. The van der Waals surface area contributed by atoms with Gasteiger partial charge in [-0.05, 0) is 12.1 Å². The SMILES string of the molecule is O=C(O)Cc1cc2ccoc2cc1O. The van der Waals surface area contributed by atoms with Crippen molar-refractivity contribution in [2.75, 3.05) is 0 Å². The molecule has 2 rings (SSSR count). The lowest BCUT2D eigenvalue weighted by atomic mass is 10.1.